The molecule has 0 aliphatic heterocycles. The fourth-order valence-electron chi connectivity index (χ4n) is 2.43. The summed E-state index contributed by atoms with van der Waals surface area (Å²) in [7, 11) is 1.86. The Bertz CT molecular complexity index is 917. The van der Waals surface area contributed by atoms with Gasteiger partial charge in [-0.25, -0.2) is 4.98 Å². The lowest BCUT2D eigenvalue weighted by molar-refractivity contribution is -0.136. The average Bonchev–Trinajstić information content (AvgIpc) is 2.94. The summed E-state index contributed by atoms with van der Waals surface area (Å²) in [6.45, 7) is 0. The van der Waals surface area contributed by atoms with E-state index in [1.165, 1.54) is 0 Å². The first-order valence-electron chi connectivity index (χ1n) is 6.30. The number of aryl methyl sites for hydroxylation is 1. The molecule has 0 atom stereocenters. The second kappa shape index (κ2) is 4.90. The van der Waals surface area contributed by atoms with Crippen molar-refractivity contribution in [3.63, 3.8) is 0 Å². The average molecular weight is 347 g/mol. The van der Waals surface area contributed by atoms with E-state index in [-0.39, 0.29) is 6.42 Å². The largest absolute Gasteiger partial charge is 0.481 e. The van der Waals surface area contributed by atoms with Gasteiger partial charge in [0, 0.05) is 13.5 Å². The molecule has 0 radical (unpaired) electrons. The molecular weight excluding hydrogens is 336 g/mol. The molecule has 3 aromatic rings. The molecule has 6 nitrogen and oxygen atoms in total. The number of benzene rings is 1. The lowest BCUT2D eigenvalue weighted by Crippen LogP contribution is -2.02. The van der Waals surface area contributed by atoms with Gasteiger partial charge >= 0.3 is 5.97 Å². The van der Waals surface area contributed by atoms with Gasteiger partial charge < -0.3 is 9.67 Å². The molecule has 0 bridgehead atoms. The van der Waals surface area contributed by atoms with E-state index in [4.69, 9.17) is 10.4 Å². The molecule has 1 aromatic carbocycles. The Morgan fingerprint density at radius 1 is 1.52 bits per heavy atom. The highest BCUT2D eigenvalue weighted by Gasteiger charge is 2.18. The molecule has 1 N–H and O–H groups in total. The zero-order valence-corrected chi connectivity index (χ0v) is 12.8. The molecular formula is C14H11BrN4O2. The van der Waals surface area contributed by atoms with Crippen LogP contribution in [0.25, 0.3) is 16.8 Å². The van der Waals surface area contributed by atoms with E-state index in [1.807, 2.05) is 22.1 Å². The number of nitriles is 1. The van der Waals surface area contributed by atoms with E-state index in [1.54, 1.807) is 12.1 Å². The van der Waals surface area contributed by atoms with Crippen LogP contribution in [0.4, 0.5) is 0 Å². The molecule has 106 valence electrons. The quantitative estimate of drug-likeness (QED) is 0.789. The third-order valence-corrected chi connectivity index (χ3v) is 4.29. The van der Waals surface area contributed by atoms with Crippen molar-refractivity contribution in [2.45, 2.75) is 12.8 Å². The monoisotopic (exact) mass is 346 g/mol. The lowest BCUT2D eigenvalue weighted by atomic mass is 10.2. The van der Waals surface area contributed by atoms with Crippen molar-refractivity contribution in [1.82, 2.24) is 14.0 Å². The fraction of sp³-hybridized carbons (Fsp3) is 0.214. The summed E-state index contributed by atoms with van der Waals surface area (Å²) in [5.41, 5.74) is 3.05. The Labute approximate surface area is 128 Å². The maximum absolute atomic E-state index is 10.8. The molecule has 2 aromatic heterocycles. The third kappa shape index (κ3) is 2.08. The molecule has 0 saturated heterocycles. The second-order valence-corrected chi connectivity index (χ2v) is 5.50. The number of imidazole rings is 2. The van der Waals surface area contributed by atoms with Crippen LogP contribution in [0.1, 0.15) is 17.7 Å². The zero-order valence-electron chi connectivity index (χ0n) is 11.2. The second-order valence-electron chi connectivity index (χ2n) is 4.75. The normalized spacial score (nSPS) is 11.1. The highest BCUT2D eigenvalue weighted by atomic mass is 79.9. The van der Waals surface area contributed by atoms with Crippen molar-refractivity contribution in [1.29, 1.82) is 5.26 Å². The highest BCUT2D eigenvalue weighted by Crippen LogP contribution is 2.28. The Morgan fingerprint density at radius 2 is 2.29 bits per heavy atom. The summed E-state index contributed by atoms with van der Waals surface area (Å²) >= 11 is 3.53. The van der Waals surface area contributed by atoms with E-state index in [0.29, 0.717) is 17.8 Å². The first-order valence-corrected chi connectivity index (χ1v) is 7.09. The van der Waals surface area contributed by atoms with Gasteiger partial charge in [-0.2, -0.15) is 5.26 Å². The summed E-state index contributed by atoms with van der Waals surface area (Å²) in [4.78, 5) is 15.3. The number of aromatic nitrogens is 3. The van der Waals surface area contributed by atoms with E-state index in [9.17, 15) is 4.79 Å². The number of fused-ring (bicyclic) bond motifs is 3. The minimum atomic E-state index is -0.836. The van der Waals surface area contributed by atoms with Crippen LogP contribution in [-0.2, 0) is 18.3 Å². The van der Waals surface area contributed by atoms with Crippen LogP contribution in [-0.4, -0.2) is 25.0 Å². The maximum Gasteiger partial charge on any atom is 0.303 e. The lowest BCUT2D eigenvalue weighted by Gasteiger charge is -2.01. The predicted molar refractivity (Wildman–Crippen MR) is 80.0 cm³/mol. The number of carboxylic acid groups (broad SMARTS) is 1. The SMILES string of the molecule is Cn1c(CCC(=O)O)c(Br)n2c3cc(C#N)ccc3nc12. The molecule has 3 rings (SSSR count). The molecule has 0 aliphatic rings. The van der Waals surface area contributed by atoms with Gasteiger partial charge in [0.15, 0.2) is 0 Å². The van der Waals surface area contributed by atoms with Crippen LogP contribution in [0.2, 0.25) is 0 Å². The third-order valence-electron chi connectivity index (χ3n) is 3.48. The highest BCUT2D eigenvalue weighted by molar-refractivity contribution is 9.10. The molecule has 0 fully saturated rings. The fourth-order valence-corrected chi connectivity index (χ4v) is 3.25. The zero-order chi connectivity index (χ0) is 15.1. The summed E-state index contributed by atoms with van der Waals surface area (Å²) in [6.07, 6.45) is 0.468. The van der Waals surface area contributed by atoms with Gasteiger partial charge in [-0.1, -0.05) is 0 Å². The molecule has 0 saturated carbocycles. The smallest absolute Gasteiger partial charge is 0.303 e. The summed E-state index contributed by atoms with van der Waals surface area (Å²) < 4.78 is 4.55. The standard InChI is InChI=1S/C14H11BrN4O2/c1-18-10(4-5-12(20)21)13(15)19-11-6-8(7-16)2-3-9(11)17-14(18)19/h2-3,6H,4-5H2,1H3,(H,20,21). The van der Waals surface area contributed by atoms with Crippen molar-refractivity contribution >= 4 is 38.7 Å². The minimum Gasteiger partial charge on any atom is -0.481 e. The Balaban J connectivity index is 2.25. The van der Waals surface area contributed by atoms with Gasteiger partial charge in [0.2, 0.25) is 5.78 Å². The van der Waals surface area contributed by atoms with Crippen molar-refractivity contribution in [3.8, 4) is 6.07 Å². The maximum atomic E-state index is 10.8. The number of aliphatic carboxylic acids is 1. The molecule has 0 amide bonds. The van der Waals surface area contributed by atoms with Gasteiger partial charge in [0.25, 0.3) is 0 Å². The van der Waals surface area contributed by atoms with Gasteiger partial charge in [-0.3, -0.25) is 9.20 Å². The van der Waals surface area contributed by atoms with Crippen molar-refractivity contribution in [2.24, 2.45) is 7.05 Å². The van der Waals surface area contributed by atoms with Gasteiger partial charge in [-0.15, -0.1) is 0 Å². The molecule has 0 unspecified atom stereocenters. The molecule has 21 heavy (non-hydrogen) atoms. The predicted octanol–water partition coefficient (Wildman–Crippen LogP) is 2.48. The number of carboxylic acids is 1. The number of hydrogen-bond acceptors (Lipinski definition) is 3. The summed E-state index contributed by atoms with van der Waals surface area (Å²) in [6, 6.07) is 7.43. The first kappa shape index (κ1) is 13.6. The first-order chi connectivity index (χ1) is 10.0. The van der Waals surface area contributed by atoms with Gasteiger partial charge in [0.1, 0.15) is 4.60 Å². The topological polar surface area (TPSA) is 83.3 Å². The van der Waals surface area contributed by atoms with Gasteiger partial charge in [0.05, 0.1) is 34.8 Å². The van der Waals surface area contributed by atoms with Crippen LogP contribution in [0.15, 0.2) is 22.8 Å². The van der Waals surface area contributed by atoms with E-state index in [2.05, 4.69) is 27.0 Å². The number of carbonyl (C=O) groups is 1. The van der Waals surface area contributed by atoms with Crippen LogP contribution >= 0.6 is 15.9 Å². The van der Waals surface area contributed by atoms with Crippen LogP contribution in [0.3, 0.4) is 0 Å². The van der Waals surface area contributed by atoms with Crippen LogP contribution in [0.5, 0.6) is 0 Å². The Kier molecular flexibility index (Phi) is 3.18. The van der Waals surface area contributed by atoms with E-state index >= 15 is 0 Å². The molecule has 7 heteroatoms. The summed E-state index contributed by atoms with van der Waals surface area (Å²) in [5, 5.41) is 17.9. The van der Waals surface area contributed by atoms with E-state index in [0.717, 1.165) is 21.3 Å². The molecule has 2 heterocycles. The Hall–Kier alpha value is -2.33. The van der Waals surface area contributed by atoms with Gasteiger partial charge in [-0.05, 0) is 34.1 Å². The van der Waals surface area contributed by atoms with Crippen LogP contribution < -0.4 is 0 Å². The summed E-state index contributed by atoms with van der Waals surface area (Å²) in [5.74, 6) is -0.121. The van der Waals surface area contributed by atoms with Crippen LogP contribution in [0, 0.1) is 11.3 Å². The Morgan fingerprint density at radius 3 is 2.95 bits per heavy atom. The van der Waals surface area contributed by atoms with Crippen molar-refractivity contribution in [2.75, 3.05) is 0 Å². The minimum absolute atomic E-state index is 0.0565. The number of hydrogen-bond donors (Lipinski definition) is 1. The van der Waals surface area contributed by atoms with Crippen molar-refractivity contribution in [3.05, 3.63) is 34.1 Å². The molecule has 0 aliphatic carbocycles. The molecule has 0 spiro atoms. The number of nitrogens with zero attached hydrogens (tertiary/aromatic N) is 4. The van der Waals surface area contributed by atoms with Crippen molar-refractivity contribution < 1.29 is 9.90 Å². The number of rotatable bonds is 3. The van der Waals surface area contributed by atoms with E-state index < -0.39 is 5.97 Å². The number of halogens is 1.